The van der Waals surface area contributed by atoms with Crippen LogP contribution in [0.5, 0.6) is 5.88 Å². The van der Waals surface area contributed by atoms with Crippen LogP contribution < -0.4 is 10.1 Å². The van der Waals surface area contributed by atoms with Crippen LogP contribution in [0.15, 0.2) is 67.1 Å². The Hall–Kier alpha value is -3.82. The fourth-order valence-electron chi connectivity index (χ4n) is 5.10. The van der Waals surface area contributed by atoms with Crippen LogP contribution in [0.25, 0.3) is 0 Å². The zero-order valence-electron chi connectivity index (χ0n) is 22.5. The van der Waals surface area contributed by atoms with E-state index in [4.69, 9.17) is 4.74 Å². The number of benzene rings is 1. The Balaban J connectivity index is 1.07. The summed E-state index contributed by atoms with van der Waals surface area (Å²) in [7, 11) is 0. The Labute approximate surface area is 229 Å². The molecule has 0 bridgehead atoms. The number of aromatic nitrogens is 2. The maximum Gasteiger partial charge on any atom is 0.416 e. The first-order valence-electron chi connectivity index (χ1n) is 13.7. The second-order valence-electron chi connectivity index (χ2n) is 10.3. The summed E-state index contributed by atoms with van der Waals surface area (Å²) in [5.74, 6) is -0.00401. The number of hydrogen-bond acceptors (Lipinski definition) is 7. The maximum absolute atomic E-state index is 12.7. The quantitative estimate of drug-likeness (QED) is 0.485. The second-order valence-corrected chi connectivity index (χ2v) is 10.3. The van der Waals surface area contributed by atoms with Gasteiger partial charge in [-0.2, -0.15) is 0 Å². The van der Waals surface area contributed by atoms with Crippen LogP contribution in [0.2, 0.25) is 0 Å². The zero-order valence-corrected chi connectivity index (χ0v) is 22.5. The van der Waals surface area contributed by atoms with E-state index in [1.54, 1.807) is 23.2 Å². The predicted molar refractivity (Wildman–Crippen MR) is 149 cm³/mol. The summed E-state index contributed by atoms with van der Waals surface area (Å²) < 4.78 is 5.47. The molecule has 1 atom stereocenters. The number of carbonyl (C=O) groups excluding carboxylic acids is 2. The summed E-state index contributed by atoms with van der Waals surface area (Å²) in [6.45, 7) is 7.84. The van der Waals surface area contributed by atoms with Crippen molar-refractivity contribution in [2.75, 3.05) is 38.0 Å². The molecule has 0 saturated carbocycles. The van der Waals surface area contributed by atoms with E-state index in [9.17, 15) is 9.59 Å². The van der Waals surface area contributed by atoms with Crippen LogP contribution in [0, 0.1) is 0 Å². The molecule has 1 unspecified atom stereocenters. The van der Waals surface area contributed by atoms with Crippen molar-refractivity contribution >= 4 is 17.7 Å². The predicted octanol–water partition coefficient (Wildman–Crippen LogP) is 4.42. The lowest BCUT2D eigenvalue weighted by molar-refractivity contribution is 0.102. The summed E-state index contributed by atoms with van der Waals surface area (Å²) in [4.78, 5) is 40.2. The number of piperidine rings is 1. The molecule has 1 N–H and O–H groups in total. The molecule has 0 aliphatic carbocycles. The monoisotopic (exact) mass is 528 g/mol. The molecule has 0 radical (unpaired) electrons. The van der Waals surface area contributed by atoms with Crippen molar-refractivity contribution in [1.82, 2.24) is 24.7 Å². The average Bonchev–Trinajstić information content (AvgIpc) is 2.96. The van der Waals surface area contributed by atoms with Crippen molar-refractivity contribution in [3.8, 4) is 5.88 Å². The summed E-state index contributed by atoms with van der Waals surface area (Å²) in [6, 6.07) is 15.6. The first-order valence-corrected chi connectivity index (χ1v) is 13.7. The molecule has 5 rings (SSSR count). The molecule has 2 saturated heterocycles. The van der Waals surface area contributed by atoms with Gasteiger partial charge in [-0.1, -0.05) is 24.6 Å². The van der Waals surface area contributed by atoms with Crippen LogP contribution in [0.1, 0.15) is 47.7 Å². The number of amides is 2. The van der Waals surface area contributed by atoms with E-state index >= 15 is 0 Å². The number of nitrogens with one attached hydrogen (secondary N) is 1. The van der Waals surface area contributed by atoms with Gasteiger partial charge in [0.25, 0.3) is 5.91 Å². The van der Waals surface area contributed by atoms with Gasteiger partial charge in [-0.15, -0.1) is 0 Å². The lowest BCUT2D eigenvalue weighted by Gasteiger charge is -2.33. The summed E-state index contributed by atoms with van der Waals surface area (Å²) in [6.07, 6.45) is 8.52. The lowest BCUT2D eigenvalue weighted by Crippen LogP contribution is -2.49. The van der Waals surface area contributed by atoms with Gasteiger partial charge in [0.05, 0.1) is 11.9 Å². The third-order valence-corrected chi connectivity index (χ3v) is 7.49. The van der Waals surface area contributed by atoms with Gasteiger partial charge in [-0.3, -0.25) is 19.6 Å². The van der Waals surface area contributed by atoms with Crippen LogP contribution in [0.4, 0.5) is 10.5 Å². The van der Waals surface area contributed by atoms with Crippen molar-refractivity contribution < 1.29 is 14.3 Å². The minimum Gasteiger partial charge on any atom is -0.391 e. The highest BCUT2D eigenvalue weighted by Crippen LogP contribution is 2.20. The van der Waals surface area contributed by atoms with Crippen molar-refractivity contribution in [1.29, 1.82) is 0 Å². The van der Waals surface area contributed by atoms with Gasteiger partial charge in [0, 0.05) is 69.3 Å². The third kappa shape index (κ3) is 7.40. The summed E-state index contributed by atoms with van der Waals surface area (Å²) >= 11 is 0. The average molecular weight is 529 g/mol. The lowest BCUT2D eigenvalue weighted by atomic mass is 10.0. The van der Waals surface area contributed by atoms with Gasteiger partial charge in [-0.25, -0.2) is 9.78 Å². The standard InChI is InChI=1S/C30H36N6O3/c1-23-5-2-3-14-36(23)22-24-7-9-26(10-8-24)29(37)33-27-11-12-28(32-20-27)39-30(38)35-17-15-34(16-18-35)21-25-6-4-13-31-19-25/h4,6-13,19-20,23H,2-3,5,14-18,21-22H2,1H3,(H,33,37). The smallest absolute Gasteiger partial charge is 0.391 e. The van der Waals surface area contributed by atoms with Gasteiger partial charge in [0.2, 0.25) is 5.88 Å². The zero-order chi connectivity index (χ0) is 27.0. The Morgan fingerprint density at radius 3 is 2.44 bits per heavy atom. The van der Waals surface area contributed by atoms with Crippen LogP contribution in [-0.4, -0.2) is 75.4 Å². The van der Waals surface area contributed by atoms with Gasteiger partial charge >= 0.3 is 6.09 Å². The number of carbonyl (C=O) groups is 2. The van der Waals surface area contributed by atoms with Crippen molar-refractivity contribution in [3.05, 3.63) is 83.8 Å². The number of pyridine rings is 2. The molecule has 2 aliphatic rings. The van der Waals surface area contributed by atoms with E-state index in [2.05, 4.69) is 38.1 Å². The van der Waals surface area contributed by atoms with Gasteiger partial charge < -0.3 is 15.0 Å². The van der Waals surface area contributed by atoms with Gasteiger partial charge in [0.1, 0.15) is 0 Å². The number of ether oxygens (including phenoxy) is 1. The fraction of sp³-hybridized carbons (Fsp3) is 0.400. The van der Waals surface area contributed by atoms with E-state index in [1.807, 2.05) is 36.5 Å². The van der Waals surface area contributed by atoms with E-state index in [1.165, 1.54) is 31.0 Å². The minimum atomic E-state index is -0.417. The number of piperazine rings is 1. The highest BCUT2D eigenvalue weighted by Gasteiger charge is 2.23. The topological polar surface area (TPSA) is 90.9 Å². The Bertz CT molecular complexity index is 1230. The molecule has 4 heterocycles. The normalized spacial score (nSPS) is 18.5. The molecule has 2 aliphatic heterocycles. The number of hydrogen-bond donors (Lipinski definition) is 1. The Kier molecular flexibility index (Phi) is 8.80. The summed E-state index contributed by atoms with van der Waals surface area (Å²) in [5, 5.41) is 2.86. The number of likely N-dealkylation sites (tertiary alicyclic amines) is 1. The van der Waals surface area contributed by atoms with Crippen molar-refractivity contribution in [2.24, 2.45) is 0 Å². The van der Waals surface area contributed by atoms with Crippen molar-refractivity contribution in [2.45, 2.75) is 45.3 Å². The molecule has 2 fully saturated rings. The highest BCUT2D eigenvalue weighted by atomic mass is 16.6. The van der Waals surface area contributed by atoms with E-state index in [0.717, 1.165) is 38.3 Å². The molecule has 0 spiro atoms. The second kappa shape index (κ2) is 12.8. The van der Waals surface area contributed by atoms with Crippen LogP contribution in [-0.2, 0) is 13.1 Å². The van der Waals surface area contributed by atoms with Crippen LogP contribution in [0.3, 0.4) is 0 Å². The molecular formula is C30H36N6O3. The molecule has 204 valence electrons. The van der Waals surface area contributed by atoms with E-state index in [-0.39, 0.29) is 11.8 Å². The van der Waals surface area contributed by atoms with Crippen LogP contribution >= 0.6 is 0 Å². The largest absolute Gasteiger partial charge is 0.416 e. The highest BCUT2D eigenvalue weighted by molar-refractivity contribution is 6.04. The number of nitrogens with zero attached hydrogens (tertiary/aromatic N) is 5. The number of rotatable bonds is 7. The molecule has 2 aromatic heterocycles. The SMILES string of the molecule is CC1CCCCN1Cc1ccc(C(=O)Nc2ccc(OC(=O)N3CCN(Cc4cccnc4)CC3)nc2)cc1. The fourth-order valence-corrected chi connectivity index (χ4v) is 5.10. The molecule has 9 heteroatoms. The van der Waals surface area contributed by atoms with Gasteiger partial charge in [-0.05, 0) is 61.7 Å². The first-order chi connectivity index (χ1) is 19.0. The Morgan fingerprint density at radius 1 is 0.923 bits per heavy atom. The first kappa shape index (κ1) is 26.8. The molecule has 3 aromatic rings. The van der Waals surface area contributed by atoms with Crippen molar-refractivity contribution in [3.63, 3.8) is 0 Å². The third-order valence-electron chi connectivity index (χ3n) is 7.49. The molecule has 1 aromatic carbocycles. The molecular weight excluding hydrogens is 492 g/mol. The molecule has 2 amide bonds. The van der Waals surface area contributed by atoms with Gasteiger partial charge in [0.15, 0.2) is 0 Å². The molecule has 39 heavy (non-hydrogen) atoms. The Morgan fingerprint density at radius 2 is 1.74 bits per heavy atom. The minimum absolute atomic E-state index is 0.201. The van der Waals surface area contributed by atoms with E-state index < -0.39 is 6.09 Å². The maximum atomic E-state index is 12.7. The molecule has 9 nitrogen and oxygen atoms in total. The van der Waals surface area contributed by atoms with E-state index in [0.29, 0.717) is 30.4 Å². The number of anilines is 1. The summed E-state index contributed by atoms with van der Waals surface area (Å²) in [5.41, 5.74) is 3.49.